The fraction of sp³-hybridized carbons (Fsp3) is 0.583. The fourth-order valence-corrected chi connectivity index (χ4v) is 3.29. The van der Waals surface area contributed by atoms with Crippen LogP contribution in [0.3, 0.4) is 0 Å². The van der Waals surface area contributed by atoms with Gasteiger partial charge in [0, 0.05) is 24.9 Å². The standard InChI is InChI=1S/C12H18N4O2S/c1-13-11-6-5-10(16(17)18)12(15-11)14-8-9-4-2-3-7-19-9/h5-6,9H,2-4,7-8H2,1H3,(H2,13,14,15). The van der Waals surface area contributed by atoms with E-state index in [2.05, 4.69) is 15.6 Å². The molecule has 0 spiro atoms. The number of rotatable bonds is 5. The largest absolute Gasteiger partial charge is 0.373 e. The first-order valence-corrected chi connectivity index (χ1v) is 7.44. The molecule has 6 nitrogen and oxygen atoms in total. The molecule has 0 radical (unpaired) electrons. The number of anilines is 2. The zero-order chi connectivity index (χ0) is 13.7. The summed E-state index contributed by atoms with van der Waals surface area (Å²) in [5, 5.41) is 17.5. The van der Waals surface area contributed by atoms with E-state index < -0.39 is 4.92 Å². The van der Waals surface area contributed by atoms with Crippen LogP contribution >= 0.6 is 11.8 Å². The third-order valence-electron chi connectivity index (χ3n) is 3.10. The molecule has 1 atom stereocenters. The molecule has 1 aliphatic rings. The van der Waals surface area contributed by atoms with Gasteiger partial charge in [-0.2, -0.15) is 11.8 Å². The van der Waals surface area contributed by atoms with Crippen molar-refractivity contribution in [2.45, 2.75) is 24.5 Å². The molecule has 2 N–H and O–H groups in total. The van der Waals surface area contributed by atoms with E-state index >= 15 is 0 Å². The number of hydrogen-bond acceptors (Lipinski definition) is 6. The second kappa shape index (κ2) is 6.60. The average Bonchev–Trinajstić information content (AvgIpc) is 2.45. The van der Waals surface area contributed by atoms with Crippen LogP contribution in [0.4, 0.5) is 17.3 Å². The van der Waals surface area contributed by atoms with E-state index in [1.54, 1.807) is 13.1 Å². The second-order valence-corrected chi connectivity index (χ2v) is 5.85. The molecule has 0 saturated carbocycles. The Hall–Kier alpha value is -1.50. The summed E-state index contributed by atoms with van der Waals surface area (Å²) in [6.07, 6.45) is 3.68. The lowest BCUT2D eigenvalue weighted by Crippen LogP contribution is -2.21. The summed E-state index contributed by atoms with van der Waals surface area (Å²) in [6.45, 7) is 0.728. The lowest BCUT2D eigenvalue weighted by Gasteiger charge is -2.21. The molecule has 0 amide bonds. The topological polar surface area (TPSA) is 80.1 Å². The molecule has 19 heavy (non-hydrogen) atoms. The van der Waals surface area contributed by atoms with Gasteiger partial charge in [-0.1, -0.05) is 6.42 Å². The van der Waals surface area contributed by atoms with Crippen molar-refractivity contribution in [3.63, 3.8) is 0 Å². The maximum atomic E-state index is 11.0. The van der Waals surface area contributed by atoms with Crippen LogP contribution in [0.25, 0.3) is 0 Å². The molecular weight excluding hydrogens is 264 g/mol. The van der Waals surface area contributed by atoms with Crippen LogP contribution in [-0.4, -0.2) is 34.5 Å². The van der Waals surface area contributed by atoms with Crippen LogP contribution in [0.1, 0.15) is 19.3 Å². The molecule has 1 aliphatic heterocycles. The van der Waals surface area contributed by atoms with Gasteiger partial charge >= 0.3 is 5.69 Å². The summed E-state index contributed by atoms with van der Waals surface area (Å²) in [5.41, 5.74) is 0.0276. The number of hydrogen-bond donors (Lipinski definition) is 2. The van der Waals surface area contributed by atoms with Crippen LogP contribution in [0.15, 0.2) is 12.1 Å². The summed E-state index contributed by atoms with van der Waals surface area (Å²) in [4.78, 5) is 14.8. The highest BCUT2D eigenvalue weighted by molar-refractivity contribution is 7.99. The van der Waals surface area contributed by atoms with Crippen LogP contribution in [0, 0.1) is 10.1 Å². The van der Waals surface area contributed by atoms with Gasteiger partial charge in [-0.15, -0.1) is 0 Å². The van der Waals surface area contributed by atoms with Crippen molar-refractivity contribution in [2.75, 3.05) is 30.0 Å². The van der Waals surface area contributed by atoms with Gasteiger partial charge in [0.25, 0.3) is 0 Å². The Balaban J connectivity index is 2.06. The van der Waals surface area contributed by atoms with Crippen LogP contribution in [-0.2, 0) is 0 Å². The minimum absolute atomic E-state index is 0.0276. The fourth-order valence-electron chi connectivity index (χ4n) is 2.05. The summed E-state index contributed by atoms with van der Waals surface area (Å²) in [7, 11) is 1.74. The molecule has 0 aliphatic carbocycles. The van der Waals surface area contributed by atoms with Gasteiger partial charge in [0.05, 0.1) is 4.92 Å². The lowest BCUT2D eigenvalue weighted by atomic mass is 10.2. The maximum Gasteiger partial charge on any atom is 0.311 e. The van der Waals surface area contributed by atoms with E-state index in [9.17, 15) is 10.1 Å². The number of aromatic nitrogens is 1. The molecule has 104 valence electrons. The minimum Gasteiger partial charge on any atom is -0.373 e. The van der Waals surface area contributed by atoms with E-state index in [0.29, 0.717) is 16.9 Å². The van der Waals surface area contributed by atoms with Crippen molar-refractivity contribution >= 4 is 29.1 Å². The number of nitrogens with one attached hydrogen (secondary N) is 2. The van der Waals surface area contributed by atoms with Crippen molar-refractivity contribution in [3.8, 4) is 0 Å². The monoisotopic (exact) mass is 282 g/mol. The molecule has 1 fully saturated rings. The van der Waals surface area contributed by atoms with Crippen molar-refractivity contribution in [1.29, 1.82) is 0 Å². The van der Waals surface area contributed by atoms with Gasteiger partial charge in [0.15, 0.2) is 0 Å². The molecule has 1 unspecified atom stereocenters. The molecule has 0 bridgehead atoms. The smallest absolute Gasteiger partial charge is 0.311 e. The normalized spacial score (nSPS) is 18.9. The van der Waals surface area contributed by atoms with Gasteiger partial charge in [0.2, 0.25) is 5.82 Å². The molecule has 2 rings (SSSR count). The quantitative estimate of drug-likeness (QED) is 0.638. The summed E-state index contributed by atoms with van der Waals surface area (Å²) in [5.74, 6) is 2.16. The zero-order valence-corrected chi connectivity index (χ0v) is 11.7. The first kappa shape index (κ1) is 13.9. The molecule has 1 aromatic rings. The van der Waals surface area contributed by atoms with Gasteiger partial charge in [-0.3, -0.25) is 10.1 Å². The van der Waals surface area contributed by atoms with E-state index in [1.807, 2.05) is 11.8 Å². The number of pyridine rings is 1. The van der Waals surface area contributed by atoms with Gasteiger partial charge < -0.3 is 10.6 Å². The minimum atomic E-state index is -0.400. The number of nitro groups is 1. The Morgan fingerprint density at radius 1 is 1.53 bits per heavy atom. The van der Waals surface area contributed by atoms with Crippen molar-refractivity contribution in [1.82, 2.24) is 4.98 Å². The predicted octanol–water partition coefficient (Wildman–Crippen LogP) is 2.73. The highest BCUT2D eigenvalue weighted by Gasteiger charge is 2.18. The third-order valence-corrected chi connectivity index (χ3v) is 4.50. The Morgan fingerprint density at radius 2 is 2.37 bits per heavy atom. The first-order valence-electron chi connectivity index (χ1n) is 6.39. The predicted molar refractivity (Wildman–Crippen MR) is 79.0 cm³/mol. The van der Waals surface area contributed by atoms with Gasteiger partial charge in [0.1, 0.15) is 5.82 Å². The molecular formula is C12H18N4O2S. The molecule has 7 heteroatoms. The second-order valence-electron chi connectivity index (χ2n) is 4.44. The highest BCUT2D eigenvalue weighted by atomic mass is 32.2. The van der Waals surface area contributed by atoms with Crippen LogP contribution in [0.5, 0.6) is 0 Å². The van der Waals surface area contributed by atoms with Crippen LogP contribution < -0.4 is 10.6 Å². The highest BCUT2D eigenvalue weighted by Crippen LogP contribution is 2.27. The van der Waals surface area contributed by atoms with Gasteiger partial charge in [-0.05, 0) is 24.7 Å². The zero-order valence-electron chi connectivity index (χ0n) is 10.9. The van der Waals surface area contributed by atoms with Crippen molar-refractivity contribution in [2.24, 2.45) is 0 Å². The molecule has 0 aromatic carbocycles. The Bertz CT molecular complexity index is 449. The Morgan fingerprint density at radius 3 is 3.00 bits per heavy atom. The molecule has 2 heterocycles. The van der Waals surface area contributed by atoms with E-state index in [4.69, 9.17) is 0 Å². The van der Waals surface area contributed by atoms with Crippen molar-refractivity contribution < 1.29 is 4.92 Å². The Labute approximate surface area is 116 Å². The Kier molecular flexibility index (Phi) is 4.84. The van der Waals surface area contributed by atoms with E-state index in [1.165, 1.54) is 24.7 Å². The summed E-state index contributed by atoms with van der Waals surface area (Å²) >= 11 is 1.93. The summed E-state index contributed by atoms with van der Waals surface area (Å²) in [6, 6.07) is 3.09. The molecule has 1 aromatic heterocycles. The maximum absolute atomic E-state index is 11.0. The number of nitrogens with zero attached hydrogens (tertiary/aromatic N) is 2. The van der Waals surface area contributed by atoms with Gasteiger partial charge in [-0.25, -0.2) is 4.98 Å². The van der Waals surface area contributed by atoms with E-state index in [0.717, 1.165) is 13.0 Å². The lowest BCUT2D eigenvalue weighted by molar-refractivity contribution is -0.384. The van der Waals surface area contributed by atoms with Crippen molar-refractivity contribution in [3.05, 3.63) is 22.2 Å². The van der Waals surface area contributed by atoms with Crippen LogP contribution in [0.2, 0.25) is 0 Å². The van der Waals surface area contributed by atoms with E-state index in [-0.39, 0.29) is 5.69 Å². The first-order chi connectivity index (χ1) is 9.20. The average molecular weight is 282 g/mol. The summed E-state index contributed by atoms with van der Waals surface area (Å²) < 4.78 is 0. The third kappa shape index (κ3) is 3.73. The number of thioether (sulfide) groups is 1. The molecule has 1 saturated heterocycles. The SMILES string of the molecule is CNc1ccc([N+](=O)[O-])c(NCC2CCCCS2)n1.